The first-order valence-corrected chi connectivity index (χ1v) is 5.30. The number of furan rings is 1. The average molecular weight is 244 g/mol. The van der Waals surface area contributed by atoms with Crippen molar-refractivity contribution in [1.29, 1.82) is 0 Å². The number of benzene rings is 1. The lowest BCUT2D eigenvalue weighted by Crippen LogP contribution is -2.17. The van der Waals surface area contributed by atoms with E-state index >= 15 is 0 Å². The zero-order valence-electron chi connectivity index (χ0n) is 9.79. The molecule has 5 nitrogen and oxygen atoms in total. The standard InChI is InChI=1S/C13H12N2O3/c1-17-11-6-4-10(5-7-11)13(16)15-14-9-12-3-2-8-18-12/h2-9H,1H3,(H,15,16). The van der Waals surface area contributed by atoms with E-state index < -0.39 is 0 Å². The molecule has 1 N–H and O–H groups in total. The van der Waals surface area contributed by atoms with Crippen LogP contribution in [0.5, 0.6) is 5.75 Å². The number of hydrogen-bond acceptors (Lipinski definition) is 4. The fourth-order valence-electron chi connectivity index (χ4n) is 1.33. The molecule has 0 radical (unpaired) electrons. The highest BCUT2D eigenvalue weighted by atomic mass is 16.5. The van der Waals surface area contributed by atoms with E-state index in [0.717, 1.165) is 0 Å². The Labute approximate surface area is 104 Å². The van der Waals surface area contributed by atoms with E-state index in [-0.39, 0.29) is 5.91 Å². The van der Waals surface area contributed by atoms with Gasteiger partial charge in [0.1, 0.15) is 11.5 Å². The third-order valence-electron chi connectivity index (χ3n) is 2.25. The van der Waals surface area contributed by atoms with Gasteiger partial charge in [0.15, 0.2) is 0 Å². The molecule has 1 aromatic heterocycles. The van der Waals surface area contributed by atoms with Crippen LogP contribution in [-0.4, -0.2) is 19.2 Å². The normalized spacial score (nSPS) is 10.5. The summed E-state index contributed by atoms with van der Waals surface area (Å²) >= 11 is 0. The van der Waals surface area contributed by atoms with Crippen LogP contribution in [0.2, 0.25) is 0 Å². The summed E-state index contributed by atoms with van der Waals surface area (Å²) in [5.41, 5.74) is 2.91. The molecular formula is C13H12N2O3. The van der Waals surface area contributed by atoms with Crippen molar-refractivity contribution in [2.24, 2.45) is 5.10 Å². The highest BCUT2D eigenvalue weighted by Gasteiger charge is 2.03. The molecule has 0 saturated carbocycles. The summed E-state index contributed by atoms with van der Waals surface area (Å²) in [5, 5.41) is 3.78. The van der Waals surface area contributed by atoms with Gasteiger partial charge >= 0.3 is 0 Å². The Balaban J connectivity index is 1.95. The Hall–Kier alpha value is -2.56. The molecule has 0 fully saturated rings. The van der Waals surface area contributed by atoms with E-state index in [2.05, 4.69) is 10.5 Å². The SMILES string of the molecule is COc1ccc(C(=O)NN=Cc2ccco2)cc1. The van der Waals surface area contributed by atoms with Gasteiger partial charge in [0.25, 0.3) is 5.91 Å². The highest BCUT2D eigenvalue weighted by molar-refractivity contribution is 5.94. The van der Waals surface area contributed by atoms with Gasteiger partial charge in [-0.3, -0.25) is 4.79 Å². The number of nitrogens with one attached hydrogen (secondary N) is 1. The van der Waals surface area contributed by atoms with Crippen molar-refractivity contribution in [1.82, 2.24) is 5.43 Å². The van der Waals surface area contributed by atoms with E-state index in [1.807, 2.05) is 0 Å². The summed E-state index contributed by atoms with van der Waals surface area (Å²) in [5.74, 6) is 0.983. The lowest BCUT2D eigenvalue weighted by atomic mass is 10.2. The number of ether oxygens (including phenoxy) is 1. The van der Waals surface area contributed by atoms with Gasteiger partial charge in [0.2, 0.25) is 0 Å². The molecule has 92 valence electrons. The van der Waals surface area contributed by atoms with Crippen molar-refractivity contribution < 1.29 is 13.9 Å². The van der Waals surface area contributed by atoms with E-state index in [0.29, 0.717) is 17.1 Å². The summed E-state index contributed by atoms with van der Waals surface area (Å²) in [6, 6.07) is 10.2. The number of carbonyl (C=O) groups is 1. The first-order valence-electron chi connectivity index (χ1n) is 5.30. The molecule has 0 atom stereocenters. The Morgan fingerprint density at radius 2 is 2.11 bits per heavy atom. The topological polar surface area (TPSA) is 63.8 Å². The second-order valence-electron chi connectivity index (χ2n) is 3.44. The van der Waals surface area contributed by atoms with Gasteiger partial charge in [-0.15, -0.1) is 0 Å². The fourth-order valence-corrected chi connectivity index (χ4v) is 1.33. The van der Waals surface area contributed by atoms with E-state index in [1.54, 1.807) is 43.5 Å². The molecule has 2 aromatic rings. The number of hydrazone groups is 1. The number of methoxy groups -OCH3 is 1. The summed E-state index contributed by atoms with van der Waals surface area (Å²) < 4.78 is 10.0. The Bertz CT molecular complexity index is 530. The van der Waals surface area contributed by atoms with Crippen molar-refractivity contribution in [2.75, 3.05) is 7.11 Å². The maximum absolute atomic E-state index is 11.7. The third-order valence-corrected chi connectivity index (χ3v) is 2.25. The van der Waals surface area contributed by atoms with Crippen LogP contribution in [-0.2, 0) is 0 Å². The van der Waals surface area contributed by atoms with Gasteiger partial charge in [-0.25, -0.2) is 5.43 Å². The molecule has 0 aliphatic rings. The molecule has 5 heteroatoms. The first kappa shape index (κ1) is 11.9. The molecule has 18 heavy (non-hydrogen) atoms. The predicted molar refractivity (Wildman–Crippen MR) is 66.8 cm³/mol. The molecule has 0 aliphatic carbocycles. The average Bonchev–Trinajstić information content (AvgIpc) is 2.92. The molecule has 1 aromatic carbocycles. The van der Waals surface area contributed by atoms with Gasteiger partial charge in [0.05, 0.1) is 19.6 Å². The highest BCUT2D eigenvalue weighted by Crippen LogP contribution is 2.10. The summed E-state index contributed by atoms with van der Waals surface area (Å²) in [6.45, 7) is 0. The van der Waals surface area contributed by atoms with Gasteiger partial charge in [-0.2, -0.15) is 5.10 Å². The largest absolute Gasteiger partial charge is 0.497 e. The Morgan fingerprint density at radius 1 is 1.33 bits per heavy atom. The molecule has 0 unspecified atom stereocenters. The first-order chi connectivity index (χ1) is 8.79. The van der Waals surface area contributed by atoms with E-state index in [1.165, 1.54) is 12.5 Å². The number of rotatable bonds is 4. The molecule has 0 spiro atoms. The summed E-state index contributed by atoms with van der Waals surface area (Å²) in [7, 11) is 1.57. The molecule has 2 rings (SSSR count). The lowest BCUT2D eigenvalue weighted by Gasteiger charge is -2.01. The molecule has 0 saturated heterocycles. The minimum absolute atomic E-state index is 0.291. The zero-order valence-corrected chi connectivity index (χ0v) is 9.79. The van der Waals surface area contributed by atoms with Crippen LogP contribution in [0.1, 0.15) is 16.1 Å². The third kappa shape index (κ3) is 2.98. The zero-order chi connectivity index (χ0) is 12.8. The molecule has 0 bridgehead atoms. The molecule has 1 heterocycles. The van der Waals surface area contributed by atoms with Crippen molar-refractivity contribution in [3.8, 4) is 5.75 Å². The van der Waals surface area contributed by atoms with Crippen LogP contribution in [0, 0.1) is 0 Å². The Kier molecular flexibility index (Phi) is 3.76. The second kappa shape index (κ2) is 5.67. The molecule has 0 aliphatic heterocycles. The monoisotopic (exact) mass is 244 g/mol. The summed E-state index contributed by atoms with van der Waals surface area (Å²) in [4.78, 5) is 11.7. The minimum atomic E-state index is -0.291. The number of amides is 1. The predicted octanol–water partition coefficient (Wildman–Crippen LogP) is 2.05. The van der Waals surface area contributed by atoms with Crippen molar-refractivity contribution in [3.05, 3.63) is 54.0 Å². The minimum Gasteiger partial charge on any atom is -0.497 e. The van der Waals surface area contributed by atoms with Crippen LogP contribution in [0.3, 0.4) is 0 Å². The maximum Gasteiger partial charge on any atom is 0.271 e. The van der Waals surface area contributed by atoms with Crippen LogP contribution in [0.15, 0.2) is 52.2 Å². The quantitative estimate of drug-likeness (QED) is 0.661. The van der Waals surface area contributed by atoms with Crippen molar-refractivity contribution in [2.45, 2.75) is 0 Å². The second-order valence-corrected chi connectivity index (χ2v) is 3.44. The van der Waals surface area contributed by atoms with Gasteiger partial charge in [-0.05, 0) is 36.4 Å². The van der Waals surface area contributed by atoms with Gasteiger partial charge in [0, 0.05) is 5.56 Å². The van der Waals surface area contributed by atoms with E-state index in [4.69, 9.17) is 9.15 Å². The van der Waals surface area contributed by atoms with Crippen LogP contribution in [0.4, 0.5) is 0 Å². The van der Waals surface area contributed by atoms with Gasteiger partial charge in [-0.1, -0.05) is 0 Å². The molecule has 1 amide bonds. The molecular weight excluding hydrogens is 232 g/mol. The van der Waals surface area contributed by atoms with Crippen LogP contribution >= 0.6 is 0 Å². The van der Waals surface area contributed by atoms with Gasteiger partial charge < -0.3 is 9.15 Å². The number of nitrogens with zero attached hydrogens (tertiary/aromatic N) is 1. The Morgan fingerprint density at radius 3 is 2.72 bits per heavy atom. The summed E-state index contributed by atoms with van der Waals surface area (Å²) in [6.07, 6.45) is 2.97. The number of carbonyl (C=O) groups excluding carboxylic acids is 1. The smallest absolute Gasteiger partial charge is 0.271 e. The van der Waals surface area contributed by atoms with E-state index in [9.17, 15) is 4.79 Å². The lowest BCUT2D eigenvalue weighted by molar-refractivity contribution is 0.0955. The van der Waals surface area contributed by atoms with Crippen LogP contribution < -0.4 is 10.2 Å². The maximum atomic E-state index is 11.7. The van der Waals surface area contributed by atoms with Crippen LogP contribution in [0.25, 0.3) is 0 Å². The van der Waals surface area contributed by atoms with Crippen molar-refractivity contribution >= 4 is 12.1 Å². The number of hydrogen-bond donors (Lipinski definition) is 1. The van der Waals surface area contributed by atoms with Crippen molar-refractivity contribution in [3.63, 3.8) is 0 Å². The fraction of sp³-hybridized carbons (Fsp3) is 0.0769.